The number of nitrogens with zero attached hydrogens (tertiary/aromatic N) is 1. The van der Waals surface area contributed by atoms with Gasteiger partial charge in [0, 0.05) is 6.07 Å². The van der Waals surface area contributed by atoms with Gasteiger partial charge in [-0.2, -0.15) is 4.98 Å². The molecule has 1 heterocycles. The first kappa shape index (κ1) is 11.8. The van der Waals surface area contributed by atoms with E-state index in [1.165, 1.54) is 0 Å². The highest BCUT2D eigenvalue weighted by atomic mass is 16.5. The lowest BCUT2D eigenvalue weighted by atomic mass is 10.1. The van der Waals surface area contributed by atoms with Gasteiger partial charge in [-0.3, -0.25) is 0 Å². The van der Waals surface area contributed by atoms with Crippen LogP contribution in [0.2, 0.25) is 0 Å². The number of rotatable bonds is 5. The van der Waals surface area contributed by atoms with Crippen LogP contribution in [0.25, 0.3) is 0 Å². The summed E-state index contributed by atoms with van der Waals surface area (Å²) in [5, 5.41) is 12.3. The molecule has 15 heavy (non-hydrogen) atoms. The molecule has 1 rings (SSSR count). The van der Waals surface area contributed by atoms with Crippen molar-refractivity contribution in [3.05, 3.63) is 18.2 Å². The van der Waals surface area contributed by atoms with Gasteiger partial charge in [0.1, 0.15) is 5.82 Å². The normalized spacial score (nSPS) is 12.6. The van der Waals surface area contributed by atoms with E-state index in [2.05, 4.69) is 10.3 Å². The first-order valence-electron chi connectivity index (χ1n) is 5.05. The molecule has 84 valence electrons. The van der Waals surface area contributed by atoms with Crippen LogP contribution in [0.1, 0.15) is 13.8 Å². The molecule has 0 unspecified atom stereocenters. The number of hydrogen-bond donors (Lipinski definition) is 2. The van der Waals surface area contributed by atoms with Crippen molar-refractivity contribution in [2.75, 3.05) is 19.0 Å². The van der Waals surface area contributed by atoms with Crippen molar-refractivity contribution in [2.45, 2.75) is 19.9 Å². The molecule has 4 heteroatoms. The number of ether oxygens (including phenoxy) is 1. The molecular weight excluding hydrogens is 192 g/mol. The highest BCUT2D eigenvalue weighted by molar-refractivity contribution is 5.38. The van der Waals surface area contributed by atoms with Gasteiger partial charge in [0.2, 0.25) is 5.88 Å². The average Bonchev–Trinajstić information content (AvgIpc) is 2.25. The molecule has 0 spiro atoms. The van der Waals surface area contributed by atoms with Crippen LogP contribution in [0.5, 0.6) is 5.88 Å². The predicted octanol–water partition coefficient (Wildman–Crippen LogP) is 1.52. The van der Waals surface area contributed by atoms with E-state index in [0.29, 0.717) is 11.8 Å². The third-order valence-corrected chi connectivity index (χ3v) is 2.27. The highest BCUT2D eigenvalue weighted by Crippen LogP contribution is 2.14. The van der Waals surface area contributed by atoms with Crippen LogP contribution in [-0.2, 0) is 0 Å². The first-order chi connectivity index (χ1) is 7.17. The van der Waals surface area contributed by atoms with Crippen molar-refractivity contribution in [1.82, 2.24) is 4.98 Å². The fraction of sp³-hybridized carbons (Fsp3) is 0.545. The monoisotopic (exact) mass is 210 g/mol. The Morgan fingerprint density at radius 1 is 1.47 bits per heavy atom. The molecule has 0 aromatic carbocycles. The molecule has 0 saturated heterocycles. The number of nitrogens with one attached hydrogen (secondary N) is 1. The maximum Gasteiger partial charge on any atom is 0.214 e. The summed E-state index contributed by atoms with van der Waals surface area (Å²) in [4.78, 5) is 4.22. The smallest absolute Gasteiger partial charge is 0.214 e. The number of aliphatic hydroxyl groups excluding tert-OH is 1. The molecule has 1 aromatic rings. The van der Waals surface area contributed by atoms with Crippen molar-refractivity contribution in [3.63, 3.8) is 0 Å². The Morgan fingerprint density at radius 3 is 2.73 bits per heavy atom. The van der Waals surface area contributed by atoms with E-state index in [9.17, 15) is 0 Å². The third kappa shape index (κ3) is 3.40. The number of methoxy groups -OCH3 is 1. The predicted molar refractivity (Wildman–Crippen MR) is 60.1 cm³/mol. The van der Waals surface area contributed by atoms with E-state index in [1.54, 1.807) is 13.2 Å². The van der Waals surface area contributed by atoms with E-state index < -0.39 is 0 Å². The zero-order valence-electron chi connectivity index (χ0n) is 9.40. The molecule has 0 fully saturated rings. The maximum absolute atomic E-state index is 9.16. The Balaban J connectivity index is 2.70. The van der Waals surface area contributed by atoms with Crippen molar-refractivity contribution >= 4 is 5.82 Å². The lowest BCUT2D eigenvalue weighted by molar-refractivity contribution is 0.249. The molecule has 1 atom stereocenters. The van der Waals surface area contributed by atoms with Gasteiger partial charge in [0.15, 0.2) is 0 Å². The number of aromatic nitrogens is 1. The standard InChI is InChI=1S/C11H18N2O2/c1-8(2)9(7-14)12-10-5-4-6-11(13-10)15-3/h4-6,8-9,14H,7H2,1-3H3,(H,12,13)/t9-/m1/s1. The van der Waals surface area contributed by atoms with E-state index in [1.807, 2.05) is 26.0 Å². The Hall–Kier alpha value is -1.29. The lowest BCUT2D eigenvalue weighted by Crippen LogP contribution is -2.29. The molecule has 0 aliphatic rings. The van der Waals surface area contributed by atoms with Crippen molar-refractivity contribution in [1.29, 1.82) is 0 Å². The largest absolute Gasteiger partial charge is 0.481 e. The molecule has 0 amide bonds. The van der Waals surface area contributed by atoms with E-state index >= 15 is 0 Å². The molecule has 2 N–H and O–H groups in total. The number of hydrogen-bond acceptors (Lipinski definition) is 4. The van der Waals surface area contributed by atoms with E-state index in [4.69, 9.17) is 9.84 Å². The molecular formula is C11H18N2O2. The zero-order valence-corrected chi connectivity index (χ0v) is 9.40. The second-order valence-corrected chi connectivity index (χ2v) is 3.74. The Morgan fingerprint density at radius 2 is 2.20 bits per heavy atom. The van der Waals surface area contributed by atoms with Crippen LogP contribution in [0.3, 0.4) is 0 Å². The van der Waals surface area contributed by atoms with Crippen LogP contribution < -0.4 is 10.1 Å². The average molecular weight is 210 g/mol. The summed E-state index contributed by atoms with van der Waals surface area (Å²) >= 11 is 0. The lowest BCUT2D eigenvalue weighted by Gasteiger charge is -2.20. The molecule has 0 saturated carbocycles. The van der Waals surface area contributed by atoms with Gasteiger partial charge in [-0.25, -0.2) is 0 Å². The summed E-state index contributed by atoms with van der Waals surface area (Å²) in [5.74, 6) is 1.64. The van der Waals surface area contributed by atoms with Crippen LogP contribution in [0.4, 0.5) is 5.82 Å². The van der Waals surface area contributed by atoms with Gasteiger partial charge in [-0.05, 0) is 12.0 Å². The van der Waals surface area contributed by atoms with Gasteiger partial charge in [0.25, 0.3) is 0 Å². The molecule has 1 aromatic heterocycles. The summed E-state index contributed by atoms with van der Waals surface area (Å²) < 4.78 is 5.02. The van der Waals surface area contributed by atoms with E-state index in [0.717, 1.165) is 5.82 Å². The van der Waals surface area contributed by atoms with Gasteiger partial charge in [-0.15, -0.1) is 0 Å². The summed E-state index contributed by atoms with van der Waals surface area (Å²) in [6.07, 6.45) is 0. The fourth-order valence-electron chi connectivity index (χ4n) is 1.22. The van der Waals surface area contributed by atoms with Crippen LogP contribution in [0, 0.1) is 5.92 Å². The zero-order chi connectivity index (χ0) is 11.3. The number of pyridine rings is 1. The van der Waals surface area contributed by atoms with Crippen LogP contribution >= 0.6 is 0 Å². The summed E-state index contributed by atoms with van der Waals surface area (Å²) in [7, 11) is 1.58. The summed E-state index contributed by atoms with van der Waals surface area (Å²) in [6, 6.07) is 5.52. The van der Waals surface area contributed by atoms with Gasteiger partial charge in [-0.1, -0.05) is 19.9 Å². The van der Waals surface area contributed by atoms with E-state index in [-0.39, 0.29) is 12.6 Å². The van der Waals surface area contributed by atoms with Crippen LogP contribution in [-0.4, -0.2) is 29.8 Å². The van der Waals surface area contributed by atoms with Gasteiger partial charge >= 0.3 is 0 Å². The Labute approximate surface area is 90.3 Å². The Bertz CT molecular complexity index is 302. The number of aliphatic hydroxyl groups is 1. The summed E-state index contributed by atoms with van der Waals surface area (Å²) in [6.45, 7) is 4.19. The second kappa shape index (κ2) is 5.56. The molecule has 0 aliphatic heterocycles. The first-order valence-corrected chi connectivity index (χ1v) is 5.05. The summed E-state index contributed by atoms with van der Waals surface area (Å²) in [5.41, 5.74) is 0. The highest BCUT2D eigenvalue weighted by Gasteiger charge is 2.12. The van der Waals surface area contributed by atoms with Gasteiger partial charge < -0.3 is 15.2 Å². The van der Waals surface area contributed by atoms with Crippen molar-refractivity contribution in [3.8, 4) is 5.88 Å². The fourth-order valence-corrected chi connectivity index (χ4v) is 1.22. The maximum atomic E-state index is 9.16. The second-order valence-electron chi connectivity index (χ2n) is 3.74. The Kier molecular flexibility index (Phi) is 4.37. The third-order valence-electron chi connectivity index (χ3n) is 2.27. The quantitative estimate of drug-likeness (QED) is 0.773. The SMILES string of the molecule is COc1cccc(N[C@H](CO)C(C)C)n1. The van der Waals surface area contributed by atoms with Gasteiger partial charge in [0.05, 0.1) is 19.8 Å². The van der Waals surface area contributed by atoms with Crippen molar-refractivity contribution in [2.24, 2.45) is 5.92 Å². The topological polar surface area (TPSA) is 54.4 Å². The molecule has 0 radical (unpaired) electrons. The molecule has 0 bridgehead atoms. The molecule has 4 nitrogen and oxygen atoms in total. The number of anilines is 1. The minimum atomic E-state index is 0.0182. The minimum absolute atomic E-state index is 0.0182. The van der Waals surface area contributed by atoms with Crippen molar-refractivity contribution < 1.29 is 9.84 Å². The van der Waals surface area contributed by atoms with Crippen LogP contribution in [0.15, 0.2) is 18.2 Å². The minimum Gasteiger partial charge on any atom is -0.481 e. The molecule has 0 aliphatic carbocycles.